The number of hydrogen-bond acceptors (Lipinski definition) is 6. The summed E-state index contributed by atoms with van der Waals surface area (Å²) in [5.41, 5.74) is 3.48. The van der Waals surface area contributed by atoms with Gasteiger partial charge in [-0.15, -0.1) is 0 Å². The van der Waals surface area contributed by atoms with Gasteiger partial charge in [0.15, 0.2) is 5.78 Å². The number of ketones is 1. The summed E-state index contributed by atoms with van der Waals surface area (Å²) in [6, 6.07) is 11.1. The van der Waals surface area contributed by atoms with Crippen molar-refractivity contribution >= 4 is 16.7 Å². The fraction of sp³-hybridized carbons (Fsp3) is 0.273. The number of ether oxygens (including phenoxy) is 3. The average molecular weight is 378 g/mol. The minimum Gasteiger partial charge on any atom is -0.497 e. The Morgan fingerprint density at radius 2 is 1.64 bits per heavy atom. The molecule has 3 aromatic rings. The van der Waals surface area contributed by atoms with Gasteiger partial charge in [0.05, 0.1) is 25.3 Å². The highest BCUT2D eigenvalue weighted by Crippen LogP contribution is 2.46. The van der Waals surface area contributed by atoms with Gasteiger partial charge in [0.1, 0.15) is 18.1 Å². The summed E-state index contributed by atoms with van der Waals surface area (Å²) in [6.07, 6.45) is 0. The van der Waals surface area contributed by atoms with Crippen LogP contribution in [-0.2, 0) is 0 Å². The van der Waals surface area contributed by atoms with Crippen molar-refractivity contribution in [2.24, 2.45) is 0 Å². The fourth-order valence-electron chi connectivity index (χ4n) is 3.46. The molecule has 1 aromatic heterocycles. The van der Waals surface area contributed by atoms with Gasteiger partial charge in [-0.2, -0.15) is 0 Å². The van der Waals surface area contributed by atoms with E-state index in [4.69, 9.17) is 19.2 Å². The third-order valence-electron chi connectivity index (χ3n) is 4.91. The van der Waals surface area contributed by atoms with Crippen molar-refractivity contribution in [3.05, 3.63) is 47.5 Å². The lowest BCUT2D eigenvalue weighted by Gasteiger charge is -2.15. The molecule has 28 heavy (non-hydrogen) atoms. The number of nitrogens with zero attached hydrogens (tertiary/aromatic N) is 2. The maximum atomic E-state index is 13.3. The lowest BCUT2D eigenvalue weighted by atomic mass is 10.0. The maximum Gasteiger partial charge on any atom is 0.222 e. The zero-order valence-corrected chi connectivity index (χ0v) is 16.4. The number of methoxy groups -OCH3 is 2. The molecule has 0 spiro atoms. The molecule has 0 radical (unpaired) electrons. The molecule has 4 rings (SSSR count). The first-order chi connectivity index (χ1) is 13.5. The van der Waals surface area contributed by atoms with Crippen molar-refractivity contribution in [1.82, 2.24) is 9.88 Å². The smallest absolute Gasteiger partial charge is 0.222 e. The van der Waals surface area contributed by atoms with Crippen LogP contribution in [0.2, 0.25) is 0 Å². The van der Waals surface area contributed by atoms with E-state index in [0.29, 0.717) is 40.6 Å². The van der Waals surface area contributed by atoms with Gasteiger partial charge in [0, 0.05) is 29.1 Å². The second kappa shape index (κ2) is 7.13. The summed E-state index contributed by atoms with van der Waals surface area (Å²) >= 11 is 0. The fourth-order valence-corrected chi connectivity index (χ4v) is 3.46. The molecule has 0 unspecified atom stereocenters. The Morgan fingerprint density at radius 3 is 2.36 bits per heavy atom. The molecule has 1 aliphatic rings. The number of pyridine rings is 1. The first kappa shape index (κ1) is 18.3. The van der Waals surface area contributed by atoms with E-state index in [1.165, 1.54) is 0 Å². The summed E-state index contributed by atoms with van der Waals surface area (Å²) < 4.78 is 16.7. The van der Waals surface area contributed by atoms with Crippen LogP contribution in [0.25, 0.3) is 22.0 Å². The number of fused-ring (bicyclic) bond motifs is 5. The van der Waals surface area contributed by atoms with Gasteiger partial charge in [-0.25, -0.2) is 4.98 Å². The van der Waals surface area contributed by atoms with Crippen LogP contribution in [0.4, 0.5) is 0 Å². The van der Waals surface area contributed by atoms with E-state index < -0.39 is 0 Å². The van der Waals surface area contributed by atoms with Crippen molar-refractivity contribution in [3.8, 4) is 28.5 Å². The third-order valence-corrected chi connectivity index (χ3v) is 4.91. The van der Waals surface area contributed by atoms with E-state index in [1.807, 2.05) is 49.3 Å². The van der Waals surface area contributed by atoms with Gasteiger partial charge >= 0.3 is 0 Å². The molecule has 0 amide bonds. The zero-order chi connectivity index (χ0) is 19.8. The standard InChI is InChI=1S/C22H22N2O4/c1-24(2)9-10-28-22-20-15-7-5-13(26-3)11-17(15)21(25)19(20)16-8-6-14(27-4)12-18(16)23-22/h5-8,11-12H,9-10H2,1-4H3. The Hall–Kier alpha value is -3.12. The molecule has 1 aliphatic carbocycles. The minimum atomic E-state index is -0.0427. The maximum absolute atomic E-state index is 13.3. The molecule has 0 bridgehead atoms. The summed E-state index contributed by atoms with van der Waals surface area (Å²) in [5.74, 6) is 1.76. The highest BCUT2D eigenvalue weighted by molar-refractivity contribution is 6.28. The van der Waals surface area contributed by atoms with Gasteiger partial charge in [0.25, 0.3) is 0 Å². The quantitative estimate of drug-likeness (QED) is 0.512. The molecule has 0 atom stereocenters. The second-order valence-electron chi connectivity index (χ2n) is 6.94. The molecular weight excluding hydrogens is 356 g/mol. The van der Waals surface area contributed by atoms with Gasteiger partial charge in [-0.05, 0) is 50.0 Å². The zero-order valence-electron chi connectivity index (χ0n) is 16.4. The van der Waals surface area contributed by atoms with E-state index in [9.17, 15) is 4.79 Å². The highest BCUT2D eigenvalue weighted by atomic mass is 16.5. The summed E-state index contributed by atoms with van der Waals surface area (Å²) in [5, 5.41) is 0.788. The molecule has 6 heteroatoms. The molecule has 0 saturated heterocycles. The van der Waals surface area contributed by atoms with Crippen molar-refractivity contribution in [3.63, 3.8) is 0 Å². The first-order valence-corrected chi connectivity index (χ1v) is 9.06. The Morgan fingerprint density at radius 1 is 0.929 bits per heavy atom. The highest BCUT2D eigenvalue weighted by Gasteiger charge is 2.33. The van der Waals surface area contributed by atoms with Crippen LogP contribution >= 0.6 is 0 Å². The van der Waals surface area contributed by atoms with Gasteiger partial charge in [0.2, 0.25) is 5.88 Å². The van der Waals surface area contributed by atoms with Crippen molar-refractivity contribution in [1.29, 1.82) is 0 Å². The molecule has 0 N–H and O–H groups in total. The predicted octanol–water partition coefficient (Wildman–Crippen LogP) is 3.40. The van der Waals surface area contributed by atoms with E-state index >= 15 is 0 Å². The Kier molecular flexibility index (Phi) is 4.65. The van der Waals surface area contributed by atoms with Crippen molar-refractivity contribution in [2.75, 3.05) is 41.5 Å². The van der Waals surface area contributed by atoms with E-state index in [-0.39, 0.29) is 5.78 Å². The van der Waals surface area contributed by atoms with Crippen LogP contribution in [0.3, 0.4) is 0 Å². The molecule has 1 heterocycles. The first-order valence-electron chi connectivity index (χ1n) is 9.06. The van der Waals surface area contributed by atoms with Crippen LogP contribution in [0.15, 0.2) is 36.4 Å². The predicted molar refractivity (Wildman–Crippen MR) is 108 cm³/mol. The third kappa shape index (κ3) is 2.96. The number of hydrogen-bond donors (Lipinski definition) is 0. The molecule has 0 aliphatic heterocycles. The summed E-state index contributed by atoms with van der Waals surface area (Å²) in [6.45, 7) is 1.22. The lowest BCUT2D eigenvalue weighted by molar-refractivity contribution is 0.104. The minimum absolute atomic E-state index is 0.0427. The SMILES string of the molecule is COc1ccc2c(c1)C(=O)c1c-2c(OCCN(C)C)nc2cc(OC)ccc12. The topological polar surface area (TPSA) is 60.9 Å². The van der Waals surface area contributed by atoms with E-state index in [2.05, 4.69) is 0 Å². The molecule has 0 fully saturated rings. The number of carbonyl (C=O) groups is 1. The van der Waals surface area contributed by atoms with Crippen LogP contribution in [0.1, 0.15) is 15.9 Å². The van der Waals surface area contributed by atoms with Gasteiger partial charge < -0.3 is 19.1 Å². The lowest BCUT2D eigenvalue weighted by Crippen LogP contribution is -2.20. The van der Waals surface area contributed by atoms with E-state index in [1.54, 1.807) is 20.3 Å². The van der Waals surface area contributed by atoms with Crippen LogP contribution < -0.4 is 14.2 Å². The number of likely N-dealkylation sites (N-methyl/N-ethyl adjacent to an activating group) is 1. The molecule has 144 valence electrons. The van der Waals surface area contributed by atoms with Crippen LogP contribution in [0, 0.1) is 0 Å². The van der Waals surface area contributed by atoms with E-state index in [0.717, 1.165) is 23.1 Å². The van der Waals surface area contributed by atoms with Crippen molar-refractivity contribution in [2.45, 2.75) is 0 Å². The Balaban J connectivity index is 1.93. The molecule has 2 aromatic carbocycles. The second-order valence-corrected chi connectivity index (χ2v) is 6.94. The molecular formula is C22H22N2O4. The van der Waals surface area contributed by atoms with Gasteiger partial charge in [-0.1, -0.05) is 0 Å². The largest absolute Gasteiger partial charge is 0.497 e. The number of benzene rings is 2. The van der Waals surface area contributed by atoms with Crippen LogP contribution in [-0.4, -0.2) is 57.1 Å². The van der Waals surface area contributed by atoms with Gasteiger partial charge in [-0.3, -0.25) is 4.79 Å². The Bertz CT molecular complexity index is 1080. The number of carbonyl (C=O) groups excluding carboxylic acids is 1. The number of rotatable bonds is 6. The monoisotopic (exact) mass is 378 g/mol. The normalized spacial score (nSPS) is 12.2. The number of aromatic nitrogens is 1. The summed E-state index contributed by atoms with van der Waals surface area (Å²) in [4.78, 5) is 20.0. The summed E-state index contributed by atoms with van der Waals surface area (Å²) in [7, 11) is 7.17. The van der Waals surface area contributed by atoms with Crippen molar-refractivity contribution < 1.29 is 19.0 Å². The molecule has 0 saturated carbocycles. The average Bonchev–Trinajstić information content (AvgIpc) is 3.00. The van der Waals surface area contributed by atoms with Crippen LogP contribution in [0.5, 0.6) is 17.4 Å². The Labute approximate surface area is 163 Å². The molecule has 6 nitrogen and oxygen atoms in total.